The molecule has 14 aromatic carbocycles. The molecule has 1 aliphatic rings. The molecule has 0 aliphatic heterocycles. The van der Waals surface area contributed by atoms with E-state index in [0.29, 0.717) is 45.2 Å². The van der Waals surface area contributed by atoms with Crippen molar-refractivity contribution in [3.05, 3.63) is 330 Å². The van der Waals surface area contributed by atoms with Gasteiger partial charge < -0.3 is 13.4 Å². The molecule has 0 spiro atoms. The average Bonchev–Trinajstić information content (AvgIpc) is 1.61. The largest absolute Gasteiger partial charge is 0.436 e. The molecule has 0 amide bonds. The highest BCUT2D eigenvalue weighted by Gasteiger charge is 2.24. The van der Waals surface area contributed by atoms with E-state index in [2.05, 4.69) is 243 Å². The summed E-state index contributed by atoms with van der Waals surface area (Å²) in [6, 6.07) is 101. The van der Waals surface area contributed by atoms with Crippen LogP contribution in [0.15, 0.2) is 304 Å². The highest BCUT2D eigenvalue weighted by molar-refractivity contribution is 9.10. The Morgan fingerprint density at radius 2 is 0.816 bits per heavy atom. The van der Waals surface area contributed by atoms with Crippen molar-refractivity contribution in [2.24, 2.45) is 0 Å². The molecule has 21 aromatic rings. The zero-order valence-corrected chi connectivity index (χ0v) is 57.8. The van der Waals surface area contributed by atoms with Crippen LogP contribution in [0.3, 0.4) is 0 Å². The van der Waals surface area contributed by atoms with Crippen LogP contribution < -0.4 is 0 Å². The summed E-state index contributed by atoms with van der Waals surface area (Å²) in [6.45, 7) is 15.7. The number of furan rings is 2. The summed E-state index contributed by atoms with van der Waals surface area (Å²) < 4.78 is 20.3. The van der Waals surface area contributed by atoms with Crippen LogP contribution in [-0.2, 0) is 6.42 Å². The molecule has 480 valence electrons. The van der Waals surface area contributed by atoms with Crippen LogP contribution in [0.25, 0.3) is 200 Å². The summed E-state index contributed by atoms with van der Waals surface area (Å²) in [6.07, 6.45) is 1.08. The number of rotatable bonds is 5. The van der Waals surface area contributed by atoms with Gasteiger partial charge in [-0.3, -0.25) is 0 Å². The molecule has 0 atom stereocenters. The third-order valence-electron chi connectivity index (χ3n) is 19.8. The van der Waals surface area contributed by atoms with Gasteiger partial charge in [-0.1, -0.05) is 198 Å². The van der Waals surface area contributed by atoms with Gasteiger partial charge in [0.2, 0.25) is 11.4 Å². The minimum Gasteiger partial charge on any atom is -0.436 e. The second-order valence-corrected chi connectivity index (χ2v) is 29.0. The van der Waals surface area contributed by atoms with Crippen molar-refractivity contribution in [2.75, 3.05) is 0 Å². The summed E-state index contributed by atoms with van der Waals surface area (Å²) in [5, 5.41) is 14.1. The highest BCUT2D eigenvalue weighted by Crippen LogP contribution is 2.46. The lowest BCUT2D eigenvalue weighted by atomic mass is 10.0. The zero-order valence-electron chi connectivity index (χ0n) is 54.6. The maximum Gasteiger partial charge on any atom is 0.246 e. The number of aromatic nitrogens is 5. The summed E-state index contributed by atoms with van der Waals surface area (Å²) in [5.41, 5.74) is 20.2. The number of halogens is 1. The van der Waals surface area contributed by atoms with Gasteiger partial charge in [-0.2, -0.15) is 0 Å². The van der Waals surface area contributed by atoms with Gasteiger partial charge in [0.05, 0.1) is 35.6 Å². The quantitative estimate of drug-likeness (QED) is 0.159. The van der Waals surface area contributed by atoms with E-state index >= 15 is 0 Å². The second kappa shape index (κ2) is 24.2. The van der Waals surface area contributed by atoms with Gasteiger partial charge in [0, 0.05) is 83.2 Å². The molecule has 0 N–H and O–H groups in total. The first-order valence-electron chi connectivity index (χ1n) is 33.8. The Bertz CT molecular complexity index is 7250. The predicted octanol–water partition coefficient (Wildman–Crippen LogP) is 26.7. The molecule has 1 aliphatic carbocycles. The molecule has 12 heteroatoms. The Morgan fingerprint density at radius 1 is 0.340 bits per heavy atom. The van der Waals surface area contributed by atoms with Crippen molar-refractivity contribution < 1.29 is 8.83 Å². The molecule has 103 heavy (non-hydrogen) atoms. The van der Waals surface area contributed by atoms with E-state index in [9.17, 15) is 0 Å². The van der Waals surface area contributed by atoms with E-state index in [1.807, 2.05) is 72.8 Å². The molecule has 0 fully saturated rings. The van der Waals surface area contributed by atoms with E-state index in [4.69, 9.17) is 41.9 Å². The first-order valence-corrected chi connectivity index (χ1v) is 36.2. The Hall–Kier alpha value is -12.9. The van der Waals surface area contributed by atoms with Crippen LogP contribution in [0.2, 0.25) is 0 Å². The highest BCUT2D eigenvalue weighted by atomic mass is 79.9. The van der Waals surface area contributed by atoms with Gasteiger partial charge in [-0.15, -0.1) is 22.7 Å². The van der Waals surface area contributed by atoms with Gasteiger partial charge in [-0.25, -0.2) is 29.6 Å². The monoisotopic (exact) mass is 1420 g/mol. The van der Waals surface area contributed by atoms with Crippen LogP contribution in [0.1, 0.15) is 11.1 Å². The number of fused-ring (bicyclic) bond motifs is 20. The smallest absolute Gasteiger partial charge is 0.246 e. The minimum absolute atomic E-state index is 0.488. The lowest BCUT2D eigenvalue weighted by Crippen LogP contribution is -1.98. The Labute approximate surface area is 604 Å². The van der Waals surface area contributed by atoms with Gasteiger partial charge >= 0.3 is 0 Å². The fourth-order valence-electron chi connectivity index (χ4n) is 15.1. The predicted molar refractivity (Wildman–Crippen MR) is 430 cm³/mol. The van der Waals surface area contributed by atoms with E-state index in [0.717, 1.165) is 94.0 Å². The van der Waals surface area contributed by atoms with Crippen LogP contribution in [0, 0.1) is 13.1 Å². The summed E-state index contributed by atoms with van der Waals surface area (Å²) in [4.78, 5) is 28.2. The van der Waals surface area contributed by atoms with Gasteiger partial charge in [-0.05, 0) is 171 Å². The fourth-order valence-corrected chi connectivity index (χ4v) is 17.8. The summed E-state index contributed by atoms with van der Waals surface area (Å²) >= 11 is 7.10. The first kappa shape index (κ1) is 60.1. The summed E-state index contributed by atoms with van der Waals surface area (Å²) in [5.74, 6) is 0. The molecule has 7 aromatic heterocycles. The molecule has 0 unspecified atom stereocenters. The number of para-hydroxylation sites is 3. The van der Waals surface area contributed by atoms with Crippen molar-refractivity contribution in [2.45, 2.75) is 6.42 Å². The summed E-state index contributed by atoms with van der Waals surface area (Å²) in [7, 11) is 0. The molecule has 0 saturated heterocycles. The molecular weight excluding hydrogens is 1370 g/mol. The third kappa shape index (κ3) is 10.2. The third-order valence-corrected chi connectivity index (χ3v) is 22.5. The van der Waals surface area contributed by atoms with E-state index in [1.54, 1.807) is 28.7 Å². The van der Waals surface area contributed by atoms with Crippen LogP contribution >= 0.6 is 38.6 Å². The normalized spacial score (nSPS) is 11.9. The van der Waals surface area contributed by atoms with E-state index in [1.165, 1.54) is 84.1 Å². The average molecular weight is 1420 g/mol. The molecule has 9 nitrogen and oxygen atoms in total. The Kier molecular flexibility index (Phi) is 14.1. The van der Waals surface area contributed by atoms with Crippen molar-refractivity contribution in [1.82, 2.24) is 24.5 Å². The van der Waals surface area contributed by atoms with Crippen molar-refractivity contribution in [3.63, 3.8) is 0 Å². The number of hydrogen-bond acceptors (Lipinski definition) is 8. The maximum absolute atomic E-state index is 8.20. The standard InChI is InChI=1S/C45H24N4OS.C29H14BrN3OS.C17H12/c1-46-30-20-29(21-31(25-30)49-37-15-7-4-12-32(37)36-22-26-10-2-3-11-27(26)23-38(36)49)43-42(48-45-44(47-43)35-14-5-8-16-39(35)50-45)28-18-19-34-33-13-6-9-17-40(33)51-41(34)24-28;1-31-19-13-17(12-18(30)15-19)27-26(33-29-28(32-27)22-7-2-4-8-23(22)34-29)16-10-11-21-20-6-3-5-9-24(20)35-25(21)14-16;1-2-6-13-11-17-15(9-12(13)5-1)10-14-7-3-4-8-16(14)17/h2-25H;2-15H;1-9,11H,10H2. The SMILES string of the molecule is [C-]#[N+]c1cc(-c2nc3c(nc2-c2ccc4c(c2)sc2ccccc24)oc2ccccc23)cc(-n2c3ccccc3c3cc4ccccc4cc32)c1.[C-]#[N+]c1cc(Br)cc(-c2nc3c(nc2-c2ccc4c(c2)sc2ccccc24)oc2ccccc23)c1.c1ccc2c(c1)Cc1cc3ccccc3cc1-2. The maximum atomic E-state index is 8.20. The second-order valence-electron chi connectivity index (χ2n) is 25.9. The minimum atomic E-state index is 0.488. The van der Waals surface area contributed by atoms with E-state index in [-0.39, 0.29) is 0 Å². The molecule has 22 rings (SSSR count). The zero-order chi connectivity index (χ0) is 68.4. The molecule has 0 radical (unpaired) electrons. The van der Waals surface area contributed by atoms with Crippen molar-refractivity contribution in [3.8, 4) is 61.8 Å². The molecule has 0 bridgehead atoms. The number of nitrogens with zero attached hydrogens (tertiary/aromatic N) is 7. The fraction of sp³-hybridized carbons (Fsp3) is 0.0110. The van der Waals surface area contributed by atoms with Crippen LogP contribution in [0.4, 0.5) is 11.4 Å². The number of hydrogen-bond donors (Lipinski definition) is 0. The van der Waals surface area contributed by atoms with Gasteiger partial charge in [0.1, 0.15) is 33.6 Å². The molecule has 7 heterocycles. The van der Waals surface area contributed by atoms with Gasteiger partial charge in [0.25, 0.3) is 0 Å². The number of thiophene rings is 2. The lowest BCUT2D eigenvalue weighted by molar-refractivity contribution is 0.653. The van der Waals surface area contributed by atoms with Crippen LogP contribution in [0.5, 0.6) is 0 Å². The molecular formula is C91H50BrN7O2S2. The Balaban J connectivity index is 0.000000117. The van der Waals surface area contributed by atoms with E-state index < -0.39 is 0 Å². The van der Waals surface area contributed by atoms with Crippen LogP contribution in [-0.4, -0.2) is 24.5 Å². The van der Waals surface area contributed by atoms with Gasteiger partial charge in [0.15, 0.2) is 11.4 Å². The first-order chi connectivity index (χ1) is 50.8. The van der Waals surface area contributed by atoms with Crippen molar-refractivity contribution in [1.29, 1.82) is 0 Å². The lowest BCUT2D eigenvalue weighted by Gasteiger charge is -2.14. The van der Waals surface area contributed by atoms with Crippen molar-refractivity contribution >= 4 is 178 Å². The Morgan fingerprint density at radius 3 is 1.43 bits per heavy atom. The topological polar surface area (TPSA) is 91.5 Å². The number of benzene rings is 14. The molecule has 0 saturated carbocycles.